The molecule has 4 nitrogen and oxygen atoms in total. The quantitative estimate of drug-likeness (QED) is 0.847. The molecule has 0 fully saturated rings. The Morgan fingerprint density at radius 3 is 2.81 bits per heavy atom. The summed E-state index contributed by atoms with van der Waals surface area (Å²) in [5, 5.41) is 6.18. The number of nitrogens with zero attached hydrogens (tertiary/aromatic N) is 1. The van der Waals surface area contributed by atoms with Gasteiger partial charge in [0.15, 0.2) is 0 Å². The summed E-state index contributed by atoms with van der Waals surface area (Å²) in [5.41, 5.74) is 2.12. The minimum atomic E-state index is -0.179. The molecule has 1 unspecified atom stereocenters. The van der Waals surface area contributed by atoms with E-state index in [1.165, 1.54) is 0 Å². The van der Waals surface area contributed by atoms with Gasteiger partial charge in [-0.05, 0) is 47.5 Å². The average molecular weight is 348 g/mol. The fraction of sp³-hybridized carbons (Fsp3) is 0.250. The summed E-state index contributed by atoms with van der Waals surface area (Å²) >= 11 is 3.41. The number of benzene rings is 1. The third-order valence-corrected chi connectivity index (χ3v) is 3.84. The Morgan fingerprint density at radius 2 is 2.10 bits per heavy atom. The molecule has 21 heavy (non-hydrogen) atoms. The van der Waals surface area contributed by atoms with E-state index in [0.29, 0.717) is 11.6 Å². The molecule has 5 heteroatoms. The summed E-state index contributed by atoms with van der Waals surface area (Å²) in [6, 6.07) is 9.65. The van der Waals surface area contributed by atoms with Gasteiger partial charge in [0.2, 0.25) is 0 Å². The molecule has 0 saturated heterocycles. The SMILES string of the molecule is CCC(C)Nc1cncc(C(=O)Nc2ccccc2Br)c1. The van der Waals surface area contributed by atoms with Crippen molar-refractivity contribution in [1.29, 1.82) is 0 Å². The van der Waals surface area contributed by atoms with E-state index in [4.69, 9.17) is 0 Å². The van der Waals surface area contributed by atoms with Crippen molar-refractivity contribution in [2.24, 2.45) is 0 Å². The smallest absolute Gasteiger partial charge is 0.257 e. The van der Waals surface area contributed by atoms with Gasteiger partial charge < -0.3 is 10.6 Å². The largest absolute Gasteiger partial charge is 0.381 e. The number of hydrogen-bond donors (Lipinski definition) is 2. The monoisotopic (exact) mass is 347 g/mol. The Hall–Kier alpha value is -1.88. The summed E-state index contributed by atoms with van der Waals surface area (Å²) in [5.74, 6) is -0.179. The van der Waals surface area contributed by atoms with E-state index in [-0.39, 0.29) is 5.91 Å². The number of pyridine rings is 1. The van der Waals surface area contributed by atoms with Crippen molar-refractivity contribution in [2.75, 3.05) is 10.6 Å². The van der Waals surface area contributed by atoms with Crippen molar-refractivity contribution >= 4 is 33.2 Å². The second-order valence-electron chi connectivity index (χ2n) is 4.85. The second-order valence-corrected chi connectivity index (χ2v) is 5.70. The van der Waals surface area contributed by atoms with Crippen LogP contribution in [-0.4, -0.2) is 16.9 Å². The van der Waals surface area contributed by atoms with Crippen LogP contribution in [0.1, 0.15) is 30.6 Å². The van der Waals surface area contributed by atoms with Gasteiger partial charge >= 0.3 is 0 Å². The van der Waals surface area contributed by atoms with Gasteiger partial charge in [0, 0.05) is 22.9 Å². The zero-order valence-electron chi connectivity index (χ0n) is 12.1. The first-order valence-electron chi connectivity index (χ1n) is 6.87. The summed E-state index contributed by atoms with van der Waals surface area (Å²) in [7, 11) is 0. The predicted molar refractivity (Wildman–Crippen MR) is 89.7 cm³/mol. The second kappa shape index (κ2) is 7.22. The molecule has 1 atom stereocenters. The third kappa shape index (κ3) is 4.29. The van der Waals surface area contributed by atoms with Crippen molar-refractivity contribution in [1.82, 2.24) is 4.98 Å². The third-order valence-electron chi connectivity index (χ3n) is 3.15. The molecule has 0 saturated carbocycles. The van der Waals surface area contributed by atoms with Crippen molar-refractivity contribution in [3.63, 3.8) is 0 Å². The molecule has 0 aliphatic rings. The lowest BCUT2D eigenvalue weighted by molar-refractivity contribution is 0.102. The van der Waals surface area contributed by atoms with Crippen LogP contribution in [0.5, 0.6) is 0 Å². The minimum absolute atomic E-state index is 0.179. The number of carbonyl (C=O) groups is 1. The van der Waals surface area contributed by atoms with Crippen LogP contribution in [0.3, 0.4) is 0 Å². The molecule has 0 spiro atoms. The van der Waals surface area contributed by atoms with Crippen LogP contribution in [0.15, 0.2) is 47.2 Å². The maximum Gasteiger partial charge on any atom is 0.257 e. The van der Waals surface area contributed by atoms with Crippen molar-refractivity contribution in [3.8, 4) is 0 Å². The van der Waals surface area contributed by atoms with Crippen molar-refractivity contribution in [3.05, 3.63) is 52.8 Å². The maximum absolute atomic E-state index is 12.3. The molecule has 0 bridgehead atoms. The average Bonchev–Trinajstić information content (AvgIpc) is 2.49. The van der Waals surface area contributed by atoms with E-state index in [9.17, 15) is 4.79 Å². The molecule has 110 valence electrons. The van der Waals surface area contributed by atoms with Gasteiger partial charge in [-0.15, -0.1) is 0 Å². The summed E-state index contributed by atoms with van der Waals surface area (Å²) in [6.45, 7) is 4.20. The molecule has 0 radical (unpaired) electrons. The number of amides is 1. The fourth-order valence-electron chi connectivity index (χ4n) is 1.79. The number of carbonyl (C=O) groups excluding carboxylic acids is 1. The van der Waals surface area contributed by atoms with Gasteiger partial charge in [0.1, 0.15) is 0 Å². The Kier molecular flexibility index (Phi) is 5.33. The summed E-state index contributed by atoms with van der Waals surface area (Å²) < 4.78 is 0.847. The Bertz CT molecular complexity index is 630. The molecule has 2 N–H and O–H groups in total. The molecule has 0 aliphatic heterocycles. The van der Waals surface area contributed by atoms with Gasteiger partial charge in [-0.3, -0.25) is 9.78 Å². The highest BCUT2D eigenvalue weighted by Gasteiger charge is 2.09. The lowest BCUT2D eigenvalue weighted by Crippen LogP contribution is -2.16. The topological polar surface area (TPSA) is 54.0 Å². The number of anilines is 2. The highest BCUT2D eigenvalue weighted by atomic mass is 79.9. The first-order valence-corrected chi connectivity index (χ1v) is 7.67. The fourth-order valence-corrected chi connectivity index (χ4v) is 2.17. The van der Waals surface area contributed by atoms with Crippen LogP contribution in [0.4, 0.5) is 11.4 Å². The molecule has 1 heterocycles. The van der Waals surface area contributed by atoms with E-state index in [2.05, 4.69) is 45.4 Å². The first kappa shape index (κ1) is 15.5. The first-order chi connectivity index (χ1) is 10.1. The highest BCUT2D eigenvalue weighted by molar-refractivity contribution is 9.10. The Labute approximate surface area is 133 Å². The molecule has 2 rings (SSSR count). The summed E-state index contributed by atoms with van der Waals surface area (Å²) in [6.07, 6.45) is 4.29. The zero-order valence-corrected chi connectivity index (χ0v) is 13.6. The Morgan fingerprint density at radius 1 is 1.33 bits per heavy atom. The molecule has 1 aromatic heterocycles. The normalized spacial score (nSPS) is 11.8. The summed E-state index contributed by atoms with van der Waals surface area (Å²) in [4.78, 5) is 16.4. The van der Waals surface area contributed by atoms with E-state index in [1.807, 2.05) is 30.3 Å². The molecule has 1 aromatic carbocycles. The standard InChI is InChI=1S/C16H18BrN3O/c1-3-11(2)19-13-8-12(9-18-10-13)16(21)20-15-7-5-4-6-14(15)17/h4-11,19H,3H2,1-2H3,(H,20,21). The van der Waals surface area contributed by atoms with E-state index in [0.717, 1.165) is 22.3 Å². The lowest BCUT2D eigenvalue weighted by atomic mass is 10.2. The van der Waals surface area contributed by atoms with Gasteiger partial charge in [-0.1, -0.05) is 19.1 Å². The van der Waals surface area contributed by atoms with Crippen LogP contribution >= 0.6 is 15.9 Å². The molecule has 1 amide bonds. The lowest BCUT2D eigenvalue weighted by Gasteiger charge is -2.13. The number of hydrogen-bond acceptors (Lipinski definition) is 3. The van der Waals surface area contributed by atoms with Crippen LogP contribution < -0.4 is 10.6 Å². The highest BCUT2D eigenvalue weighted by Crippen LogP contribution is 2.22. The van der Waals surface area contributed by atoms with E-state index < -0.39 is 0 Å². The van der Waals surface area contributed by atoms with Crippen LogP contribution in [-0.2, 0) is 0 Å². The predicted octanol–water partition coefficient (Wildman–Crippen LogP) is 4.31. The van der Waals surface area contributed by atoms with Crippen molar-refractivity contribution < 1.29 is 4.79 Å². The number of para-hydroxylation sites is 1. The molecular formula is C16H18BrN3O. The molecule has 0 aliphatic carbocycles. The number of halogens is 1. The van der Waals surface area contributed by atoms with Crippen LogP contribution in [0.2, 0.25) is 0 Å². The van der Waals surface area contributed by atoms with Gasteiger partial charge in [-0.2, -0.15) is 0 Å². The maximum atomic E-state index is 12.3. The molecular weight excluding hydrogens is 330 g/mol. The number of aromatic nitrogens is 1. The van der Waals surface area contributed by atoms with Gasteiger partial charge in [-0.25, -0.2) is 0 Å². The van der Waals surface area contributed by atoms with Crippen LogP contribution in [0, 0.1) is 0 Å². The van der Waals surface area contributed by atoms with E-state index in [1.54, 1.807) is 12.4 Å². The minimum Gasteiger partial charge on any atom is -0.381 e. The van der Waals surface area contributed by atoms with Gasteiger partial charge in [0.05, 0.1) is 16.9 Å². The van der Waals surface area contributed by atoms with Crippen LogP contribution in [0.25, 0.3) is 0 Å². The Balaban J connectivity index is 2.12. The van der Waals surface area contributed by atoms with Gasteiger partial charge in [0.25, 0.3) is 5.91 Å². The number of rotatable bonds is 5. The molecule has 2 aromatic rings. The zero-order chi connectivity index (χ0) is 15.2. The van der Waals surface area contributed by atoms with Crippen molar-refractivity contribution in [2.45, 2.75) is 26.3 Å². The van der Waals surface area contributed by atoms with E-state index >= 15 is 0 Å². The number of nitrogens with one attached hydrogen (secondary N) is 2.